The van der Waals surface area contributed by atoms with Crippen molar-refractivity contribution < 1.29 is 13.2 Å². The molecule has 0 saturated carbocycles. The number of nitrogens with zero attached hydrogens (tertiary/aromatic N) is 1. The first-order valence-corrected chi connectivity index (χ1v) is 4.72. The normalized spacial score (nSPS) is 32.1. The van der Waals surface area contributed by atoms with Crippen LogP contribution in [0.3, 0.4) is 0 Å². The molecular weight excluding hydrogens is 179 g/mol. The van der Waals surface area contributed by atoms with Crippen LogP contribution >= 0.6 is 0 Å². The number of alkyl halides is 3. The molecule has 1 aliphatic heterocycles. The summed E-state index contributed by atoms with van der Waals surface area (Å²) in [5.41, 5.74) is 0. The lowest BCUT2D eigenvalue weighted by atomic mass is 9.98. The standard InChI is InChI=1S/C9H16F3N/c1-7-4-3-5-8(2)13(7)6-9(10,11)12/h7-8H,3-6H2,1-2H3/t7-,8-/m1/s1. The molecule has 1 fully saturated rings. The molecule has 0 aromatic carbocycles. The Balaban J connectivity index is 2.54. The number of likely N-dealkylation sites (tertiary alicyclic amines) is 1. The second-order valence-corrected chi connectivity index (χ2v) is 3.92. The maximum absolute atomic E-state index is 12.1. The average Bonchev–Trinajstić information content (AvgIpc) is 1.95. The minimum atomic E-state index is -4.06. The molecule has 4 heteroatoms. The van der Waals surface area contributed by atoms with Gasteiger partial charge in [0.2, 0.25) is 0 Å². The maximum Gasteiger partial charge on any atom is 0.401 e. The molecule has 0 N–H and O–H groups in total. The number of hydrogen-bond acceptors (Lipinski definition) is 1. The third-order valence-electron chi connectivity index (χ3n) is 2.74. The number of rotatable bonds is 1. The first kappa shape index (κ1) is 10.8. The first-order valence-electron chi connectivity index (χ1n) is 4.72. The van der Waals surface area contributed by atoms with E-state index in [1.807, 2.05) is 13.8 Å². The van der Waals surface area contributed by atoms with E-state index >= 15 is 0 Å². The van der Waals surface area contributed by atoms with Gasteiger partial charge >= 0.3 is 6.18 Å². The third kappa shape index (κ3) is 3.18. The molecule has 0 amide bonds. The zero-order valence-electron chi connectivity index (χ0n) is 8.06. The summed E-state index contributed by atoms with van der Waals surface area (Å²) in [6, 6.07) is 0.149. The Morgan fingerprint density at radius 1 is 1.15 bits per heavy atom. The van der Waals surface area contributed by atoms with Crippen LogP contribution in [0.2, 0.25) is 0 Å². The van der Waals surface area contributed by atoms with E-state index in [0.29, 0.717) is 0 Å². The summed E-state index contributed by atoms with van der Waals surface area (Å²) >= 11 is 0. The molecule has 1 aliphatic rings. The number of piperidine rings is 1. The van der Waals surface area contributed by atoms with E-state index in [4.69, 9.17) is 0 Å². The lowest BCUT2D eigenvalue weighted by molar-refractivity contribution is -0.158. The van der Waals surface area contributed by atoms with Crippen LogP contribution in [0.25, 0.3) is 0 Å². The zero-order valence-corrected chi connectivity index (χ0v) is 8.06. The summed E-state index contributed by atoms with van der Waals surface area (Å²) in [5, 5.41) is 0. The summed E-state index contributed by atoms with van der Waals surface area (Å²) in [7, 11) is 0. The molecule has 0 aromatic heterocycles. The highest BCUT2D eigenvalue weighted by Gasteiger charge is 2.36. The van der Waals surface area contributed by atoms with Crippen molar-refractivity contribution in [3.05, 3.63) is 0 Å². The van der Waals surface area contributed by atoms with Gasteiger partial charge in [-0.3, -0.25) is 4.90 Å². The quantitative estimate of drug-likeness (QED) is 0.622. The molecule has 0 bridgehead atoms. The second-order valence-electron chi connectivity index (χ2n) is 3.92. The van der Waals surface area contributed by atoms with Crippen LogP contribution < -0.4 is 0 Å². The average molecular weight is 195 g/mol. The Kier molecular flexibility index (Phi) is 3.22. The van der Waals surface area contributed by atoms with Gasteiger partial charge in [0.1, 0.15) is 0 Å². The van der Waals surface area contributed by atoms with Crippen LogP contribution in [-0.2, 0) is 0 Å². The molecule has 1 rings (SSSR count). The van der Waals surface area contributed by atoms with E-state index < -0.39 is 12.7 Å². The minimum absolute atomic E-state index is 0.0744. The lowest BCUT2D eigenvalue weighted by Crippen LogP contribution is -2.48. The van der Waals surface area contributed by atoms with Crippen molar-refractivity contribution in [1.82, 2.24) is 4.90 Å². The monoisotopic (exact) mass is 195 g/mol. The van der Waals surface area contributed by atoms with Gasteiger partial charge in [-0.1, -0.05) is 6.42 Å². The fourth-order valence-electron chi connectivity index (χ4n) is 1.99. The molecule has 0 aliphatic carbocycles. The van der Waals surface area contributed by atoms with Crippen LogP contribution in [-0.4, -0.2) is 29.7 Å². The van der Waals surface area contributed by atoms with E-state index in [2.05, 4.69) is 0 Å². The first-order chi connectivity index (χ1) is 5.90. The summed E-state index contributed by atoms with van der Waals surface area (Å²) in [5.74, 6) is 0. The van der Waals surface area contributed by atoms with Crippen LogP contribution in [0.5, 0.6) is 0 Å². The predicted molar refractivity (Wildman–Crippen MR) is 45.5 cm³/mol. The van der Waals surface area contributed by atoms with Gasteiger partial charge in [-0.15, -0.1) is 0 Å². The van der Waals surface area contributed by atoms with E-state index in [0.717, 1.165) is 19.3 Å². The van der Waals surface area contributed by atoms with Gasteiger partial charge in [-0.05, 0) is 26.7 Å². The highest BCUT2D eigenvalue weighted by Crippen LogP contribution is 2.26. The summed E-state index contributed by atoms with van der Waals surface area (Å²) in [4.78, 5) is 1.56. The molecule has 0 aromatic rings. The maximum atomic E-state index is 12.1. The molecule has 0 unspecified atom stereocenters. The lowest BCUT2D eigenvalue weighted by Gasteiger charge is -2.39. The molecule has 0 radical (unpaired) electrons. The smallest absolute Gasteiger partial charge is 0.290 e. The van der Waals surface area contributed by atoms with Gasteiger partial charge < -0.3 is 0 Å². The van der Waals surface area contributed by atoms with Gasteiger partial charge in [-0.25, -0.2) is 0 Å². The number of hydrogen-bond donors (Lipinski definition) is 0. The third-order valence-corrected chi connectivity index (χ3v) is 2.74. The van der Waals surface area contributed by atoms with Gasteiger partial charge in [0, 0.05) is 12.1 Å². The fourth-order valence-corrected chi connectivity index (χ4v) is 1.99. The number of halogens is 3. The Morgan fingerprint density at radius 2 is 1.62 bits per heavy atom. The molecule has 78 valence electrons. The highest BCUT2D eigenvalue weighted by atomic mass is 19.4. The van der Waals surface area contributed by atoms with Crippen LogP contribution in [0.15, 0.2) is 0 Å². The van der Waals surface area contributed by atoms with Gasteiger partial charge in [0.05, 0.1) is 6.54 Å². The van der Waals surface area contributed by atoms with Crippen molar-refractivity contribution in [3.63, 3.8) is 0 Å². The van der Waals surface area contributed by atoms with E-state index in [-0.39, 0.29) is 12.1 Å². The Bertz CT molecular complexity index is 157. The Labute approximate surface area is 76.9 Å². The highest BCUT2D eigenvalue weighted by molar-refractivity contribution is 4.80. The fraction of sp³-hybridized carbons (Fsp3) is 1.00. The van der Waals surface area contributed by atoms with Gasteiger partial charge in [-0.2, -0.15) is 13.2 Å². The minimum Gasteiger partial charge on any atom is -0.290 e. The van der Waals surface area contributed by atoms with Crippen LogP contribution in [0.1, 0.15) is 33.1 Å². The predicted octanol–water partition coefficient (Wildman–Crippen LogP) is 2.81. The van der Waals surface area contributed by atoms with Crippen molar-refractivity contribution in [2.24, 2.45) is 0 Å². The van der Waals surface area contributed by atoms with Crippen molar-refractivity contribution in [2.45, 2.75) is 51.4 Å². The van der Waals surface area contributed by atoms with Gasteiger partial charge in [0.15, 0.2) is 0 Å². The Morgan fingerprint density at radius 3 is 2.00 bits per heavy atom. The molecular formula is C9H16F3N. The van der Waals surface area contributed by atoms with Gasteiger partial charge in [0.25, 0.3) is 0 Å². The summed E-state index contributed by atoms with van der Waals surface area (Å²) in [6.45, 7) is 3.00. The van der Waals surface area contributed by atoms with Crippen molar-refractivity contribution in [3.8, 4) is 0 Å². The molecule has 1 nitrogen and oxygen atoms in total. The van der Waals surface area contributed by atoms with Crippen LogP contribution in [0.4, 0.5) is 13.2 Å². The van der Waals surface area contributed by atoms with Crippen LogP contribution in [0, 0.1) is 0 Å². The molecule has 0 spiro atoms. The largest absolute Gasteiger partial charge is 0.401 e. The molecule has 1 saturated heterocycles. The second kappa shape index (κ2) is 3.86. The Hall–Kier alpha value is -0.250. The topological polar surface area (TPSA) is 3.24 Å². The molecule has 1 heterocycles. The summed E-state index contributed by atoms with van der Waals surface area (Å²) < 4.78 is 36.4. The van der Waals surface area contributed by atoms with Crippen molar-refractivity contribution in [2.75, 3.05) is 6.54 Å². The van der Waals surface area contributed by atoms with E-state index in [1.54, 1.807) is 4.90 Å². The van der Waals surface area contributed by atoms with Crippen molar-refractivity contribution >= 4 is 0 Å². The molecule has 2 atom stereocenters. The summed E-state index contributed by atoms with van der Waals surface area (Å²) in [6.07, 6.45) is -1.22. The van der Waals surface area contributed by atoms with E-state index in [1.165, 1.54) is 0 Å². The zero-order chi connectivity index (χ0) is 10.1. The molecule has 13 heavy (non-hydrogen) atoms. The van der Waals surface area contributed by atoms with E-state index in [9.17, 15) is 13.2 Å². The van der Waals surface area contributed by atoms with Crippen molar-refractivity contribution in [1.29, 1.82) is 0 Å². The SMILES string of the molecule is C[C@@H]1CCC[C@@H](C)N1CC(F)(F)F.